The molecule has 0 atom stereocenters. The lowest BCUT2D eigenvalue weighted by Crippen LogP contribution is -1.96. The minimum atomic E-state index is 0.0850. The van der Waals surface area contributed by atoms with Gasteiger partial charge in [0.25, 0.3) is 0 Å². The molecule has 0 radical (unpaired) electrons. The molecule has 0 spiro atoms. The number of phenolic OH excluding ortho intramolecular Hbond substituents is 2. The van der Waals surface area contributed by atoms with Gasteiger partial charge in [-0.25, -0.2) is 9.97 Å². The van der Waals surface area contributed by atoms with Gasteiger partial charge < -0.3 is 21.3 Å². The summed E-state index contributed by atoms with van der Waals surface area (Å²) in [5.41, 5.74) is 8.88. The second kappa shape index (κ2) is 5.84. The second-order valence-electron chi connectivity index (χ2n) is 5.18. The van der Waals surface area contributed by atoms with Crippen molar-refractivity contribution in [1.29, 1.82) is 0 Å². The van der Waals surface area contributed by atoms with Crippen LogP contribution in [-0.4, -0.2) is 20.2 Å². The zero-order valence-electron chi connectivity index (χ0n) is 12.5. The highest BCUT2D eigenvalue weighted by Gasteiger charge is 2.09. The summed E-state index contributed by atoms with van der Waals surface area (Å²) in [4.78, 5) is 7.95. The van der Waals surface area contributed by atoms with E-state index in [9.17, 15) is 10.2 Å². The summed E-state index contributed by atoms with van der Waals surface area (Å²) in [5.74, 6) is 0.379. The lowest BCUT2D eigenvalue weighted by atomic mass is 10.1. The molecule has 5 N–H and O–H groups in total. The molecule has 23 heavy (non-hydrogen) atoms. The second-order valence-corrected chi connectivity index (χ2v) is 5.18. The van der Waals surface area contributed by atoms with Gasteiger partial charge in [0.1, 0.15) is 11.5 Å². The predicted molar refractivity (Wildman–Crippen MR) is 89.7 cm³/mol. The van der Waals surface area contributed by atoms with Gasteiger partial charge in [-0.3, -0.25) is 0 Å². The van der Waals surface area contributed by atoms with E-state index in [1.807, 2.05) is 13.0 Å². The van der Waals surface area contributed by atoms with Crippen molar-refractivity contribution in [2.75, 3.05) is 11.1 Å². The van der Waals surface area contributed by atoms with E-state index in [0.717, 1.165) is 5.56 Å². The largest absolute Gasteiger partial charge is 0.507 e. The Morgan fingerprint density at radius 3 is 2.57 bits per heavy atom. The van der Waals surface area contributed by atoms with E-state index in [1.165, 1.54) is 6.20 Å². The van der Waals surface area contributed by atoms with E-state index in [2.05, 4.69) is 15.3 Å². The van der Waals surface area contributed by atoms with Crippen LogP contribution in [0.3, 0.4) is 0 Å². The van der Waals surface area contributed by atoms with Gasteiger partial charge in [0.2, 0.25) is 5.95 Å². The molecule has 0 unspecified atom stereocenters. The van der Waals surface area contributed by atoms with Crippen molar-refractivity contribution in [2.24, 2.45) is 0 Å². The zero-order chi connectivity index (χ0) is 16.4. The van der Waals surface area contributed by atoms with Gasteiger partial charge in [0, 0.05) is 17.4 Å². The van der Waals surface area contributed by atoms with Crippen LogP contribution < -0.4 is 11.1 Å². The van der Waals surface area contributed by atoms with Gasteiger partial charge in [0.15, 0.2) is 0 Å². The summed E-state index contributed by atoms with van der Waals surface area (Å²) in [6.07, 6.45) is 1.53. The quantitative estimate of drug-likeness (QED) is 0.437. The van der Waals surface area contributed by atoms with E-state index in [-0.39, 0.29) is 17.4 Å². The highest BCUT2D eigenvalue weighted by atomic mass is 16.3. The van der Waals surface area contributed by atoms with Crippen LogP contribution in [0.25, 0.3) is 11.3 Å². The number of aromatic hydroxyl groups is 2. The smallest absolute Gasteiger partial charge is 0.220 e. The fourth-order valence-electron chi connectivity index (χ4n) is 2.25. The van der Waals surface area contributed by atoms with E-state index < -0.39 is 0 Å². The summed E-state index contributed by atoms with van der Waals surface area (Å²) < 4.78 is 0. The number of anilines is 3. The number of nitrogens with one attached hydrogen (secondary N) is 1. The van der Waals surface area contributed by atoms with Gasteiger partial charge in [-0.2, -0.15) is 0 Å². The van der Waals surface area contributed by atoms with E-state index >= 15 is 0 Å². The Morgan fingerprint density at radius 1 is 1.00 bits per heavy atom. The van der Waals surface area contributed by atoms with Gasteiger partial charge in [-0.05, 0) is 48.9 Å². The fraction of sp³-hybridized carbons (Fsp3) is 0.0588. The third-order valence-electron chi connectivity index (χ3n) is 3.38. The Bertz CT molecular complexity index is 865. The monoisotopic (exact) mass is 308 g/mol. The van der Waals surface area contributed by atoms with Crippen LogP contribution in [0.15, 0.2) is 48.7 Å². The lowest BCUT2D eigenvalue weighted by molar-refractivity contribution is 0.477. The fourth-order valence-corrected chi connectivity index (χ4v) is 2.25. The topological polar surface area (TPSA) is 104 Å². The number of hydrogen-bond acceptors (Lipinski definition) is 6. The van der Waals surface area contributed by atoms with Crippen molar-refractivity contribution in [1.82, 2.24) is 9.97 Å². The Balaban J connectivity index is 1.97. The Kier molecular flexibility index (Phi) is 3.72. The average Bonchev–Trinajstić information content (AvgIpc) is 2.52. The Hall–Kier alpha value is -3.28. The van der Waals surface area contributed by atoms with Gasteiger partial charge in [0.05, 0.1) is 11.4 Å². The summed E-state index contributed by atoms with van der Waals surface area (Å²) in [5, 5.41) is 23.2. The number of hydrogen-bond donors (Lipinski definition) is 4. The minimum Gasteiger partial charge on any atom is -0.507 e. The molecule has 3 aromatic rings. The van der Waals surface area contributed by atoms with Gasteiger partial charge >= 0.3 is 0 Å². The SMILES string of the molecule is Cc1ccc(Nc2ccc(O)c(-c3ccnc(N)n3)c2)c(O)c1. The molecule has 0 bridgehead atoms. The molecule has 116 valence electrons. The molecule has 3 rings (SSSR count). The standard InChI is InChI=1S/C17H16N4O2/c1-10-2-4-14(16(23)8-10)20-11-3-5-15(22)12(9-11)13-6-7-19-17(18)21-13/h2-9,20,22-23H,1H3,(H2,18,19,21). The van der Waals surface area contributed by atoms with Gasteiger partial charge in [-0.15, -0.1) is 0 Å². The van der Waals surface area contributed by atoms with Crippen LogP contribution in [0.4, 0.5) is 17.3 Å². The van der Waals surface area contributed by atoms with Crippen molar-refractivity contribution in [3.63, 3.8) is 0 Å². The van der Waals surface area contributed by atoms with Crippen molar-refractivity contribution in [3.05, 3.63) is 54.2 Å². The number of nitrogens with two attached hydrogens (primary N) is 1. The van der Waals surface area contributed by atoms with E-state index in [0.29, 0.717) is 22.6 Å². The molecule has 0 amide bonds. The Morgan fingerprint density at radius 2 is 1.83 bits per heavy atom. The third-order valence-corrected chi connectivity index (χ3v) is 3.38. The highest BCUT2D eigenvalue weighted by molar-refractivity contribution is 5.75. The summed E-state index contributed by atoms with van der Waals surface area (Å²) >= 11 is 0. The predicted octanol–water partition coefficient (Wildman–Crippen LogP) is 3.19. The number of benzene rings is 2. The summed E-state index contributed by atoms with van der Waals surface area (Å²) in [7, 11) is 0. The van der Waals surface area contributed by atoms with Crippen LogP contribution in [-0.2, 0) is 0 Å². The highest BCUT2D eigenvalue weighted by Crippen LogP contribution is 2.33. The van der Waals surface area contributed by atoms with Gasteiger partial charge in [-0.1, -0.05) is 6.07 Å². The maximum Gasteiger partial charge on any atom is 0.220 e. The van der Waals surface area contributed by atoms with Crippen molar-refractivity contribution in [3.8, 4) is 22.8 Å². The molecule has 0 aliphatic heterocycles. The molecular weight excluding hydrogens is 292 g/mol. The normalized spacial score (nSPS) is 10.5. The average molecular weight is 308 g/mol. The van der Waals surface area contributed by atoms with Crippen LogP contribution in [0.2, 0.25) is 0 Å². The molecule has 0 aliphatic carbocycles. The first-order valence-corrected chi connectivity index (χ1v) is 7.01. The first kappa shape index (κ1) is 14.6. The molecule has 0 saturated carbocycles. The van der Waals surface area contributed by atoms with Crippen molar-refractivity contribution < 1.29 is 10.2 Å². The number of aromatic nitrogens is 2. The maximum absolute atomic E-state index is 10.1. The molecule has 0 fully saturated rings. The molecule has 6 heteroatoms. The third kappa shape index (κ3) is 3.16. The zero-order valence-corrected chi connectivity index (χ0v) is 12.5. The first-order valence-electron chi connectivity index (χ1n) is 7.01. The van der Waals surface area contributed by atoms with Crippen molar-refractivity contribution >= 4 is 17.3 Å². The molecule has 1 heterocycles. The number of phenols is 2. The molecule has 2 aromatic carbocycles. The number of nitrogen functional groups attached to an aromatic ring is 1. The van der Waals surface area contributed by atoms with E-state index in [4.69, 9.17) is 5.73 Å². The number of nitrogens with zero attached hydrogens (tertiary/aromatic N) is 2. The molecule has 1 aromatic heterocycles. The van der Waals surface area contributed by atoms with Crippen LogP contribution >= 0.6 is 0 Å². The minimum absolute atomic E-state index is 0.0850. The van der Waals surface area contributed by atoms with Crippen LogP contribution in [0.5, 0.6) is 11.5 Å². The van der Waals surface area contributed by atoms with Crippen LogP contribution in [0.1, 0.15) is 5.56 Å². The number of aryl methyl sites for hydroxylation is 1. The Labute approximate surface area is 133 Å². The molecule has 0 aliphatic rings. The van der Waals surface area contributed by atoms with Crippen molar-refractivity contribution in [2.45, 2.75) is 6.92 Å². The number of rotatable bonds is 3. The molecule has 6 nitrogen and oxygen atoms in total. The summed E-state index contributed by atoms with van der Waals surface area (Å²) in [6, 6.07) is 12.0. The first-order chi connectivity index (χ1) is 11.0. The van der Waals surface area contributed by atoms with Crippen LogP contribution in [0, 0.1) is 6.92 Å². The maximum atomic E-state index is 10.1. The molecular formula is C17H16N4O2. The summed E-state index contributed by atoms with van der Waals surface area (Å²) in [6.45, 7) is 1.90. The lowest BCUT2D eigenvalue weighted by Gasteiger charge is -2.11. The molecule has 0 saturated heterocycles. The van der Waals surface area contributed by atoms with E-state index in [1.54, 1.807) is 36.4 Å².